The van der Waals surface area contributed by atoms with E-state index in [2.05, 4.69) is 4.98 Å². The van der Waals surface area contributed by atoms with Gasteiger partial charge in [-0.3, -0.25) is 14.6 Å². The number of nitrogens with zero attached hydrogens (tertiary/aromatic N) is 2. The van der Waals surface area contributed by atoms with Gasteiger partial charge in [0.05, 0.1) is 5.52 Å². The van der Waals surface area contributed by atoms with Crippen molar-refractivity contribution in [1.82, 2.24) is 9.55 Å². The van der Waals surface area contributed by atoms with Crippen molar-refractivity contribution >= 4 is 16.8 Å². The van der Waals surface area contributed by atoms with Crippen LogP contribution in [0.3, 0.4) is 0 Å². The van der Waals surface area contributed by atoms with E-state index in [9.17, 15) is 27.2 Å². The van der Waals surface area contributed by atoms with Gasteiger partial charge in [0, 0.05) is 23.5 Å². The molecule has 168 valence electrons. The van der Waals surface area contributed by atoms with E-state index in [0.717, 1.165) is 11.6 Å². The van der Waals surface area contributed by atoms with Gasteiger partial charge in [0.2, 0.25) is 5.43 Å². The molecule has 2 N–H and O–H groups in total. The Bertz CT molecular complexity index is 1390. The van der Waals surface area contributed by atoms with Gasteiger partial charge in [-0.05, 0) is 66.4 Å². The molecule has 0 aliphatic heterocycles. The molecule has 0 aliphatic carbocycles. The molecule has 0 fully saturated rings. The first-order valence-corrected chi connectivity index (χ1v) is 9.89. The summed E-state index contributed by atoms with van der Waals surface area (Å²) < 4.78 is 53.0. The highest BCUT2D eigenvalue weighted by Gasteiger charge is 2.31. The van der Waals surface area contributed by atoms with Gasteiger partial charge in [-0.2, -0.15) is 13.2 Å². The minimum atomic E-state index is -4.50. The summed E-state index contributed by atoms with van der Waals surface area (Å²) >= 11 is 0. The van der Waals surface area contributed by atoms with Crippen molar-refractivity contribution in [2.24, 2.45) is 5.73 Å². The van der Waals surface area contributed by atoms with Gasteiger partial charge in [0.25, 0.3) is 5.91 Å². The van der Waals surface area contributed by atoms with Crippen LogP contribution in [0.25, 0.3) is 16.6 Å². The quantitative estimate of drug-likeness (QED) is 0.453. The summed E-state index contributed by atoms with van der Waals surface area (Å²) in [5.41, 5.74) is 6.07. The molecule has 2 heterocycles. The minimum Gasteiger partial charge on any atom is -0.365 e. The molecule has 1 amide bonds. The molecule has 4 aromatic rings. The molecule has 4 rings (SSSR count). The minimum absolute atomic E-state index is 0.212. The number of rotatable bonds is 5. The van der Waals surface area contributed by atoms with Gasteiger partial charge in [-0.15, -0.1) is 0 Å². The SMILES string of the molecule is NC(=O)c1cn(-c2ccc(F)cc2)c2ccc(CCc3ccc(C(F)(F)F)nc3)cc2c1=O. The van der Waals surface area contributed by atoms with Crippen LogP contribution in [0.5, 0.6) is 0 Å². The van der Waals surface area contributed by atoms with Crippen molar-refractivity contribution in [1.29, 1.82) is 0 Å². The van der Waals surface area contributed by atoms with Crippen LogP contribution >= 0.6 is 0 Å². The Kier molecular flexibility index (Phi) is 5.71. The highest BCUT2D eigenvalue weighted by molar-refractivity contribution is 5.96. The average molecular weight is 455 g/mol. The zero-order valence-electron chi connectivity index (χ0n) is 17.1. The second-order valence-corrected chi connectivity index (χ2v) is 7.48. The molecule has 0 aliphatic rings. The van der Waals surface area contributed by atoms with E-state index < -0.39 is 29.0 Å². The molecule has 0 saturated carbocycles. The molecule has 0 spiro atoms. The second-order valence-electron chi connectivity index (χ2n) is 7.48. The highest BCUT2D eigenvalue weighted by Crippen LogP contribution is 2.27. The number of carbonyl (C=O) groups excluding carboxylic acids is 1. The molecule has 2 aromatic heterocycles. The lowest BCUT2D eigenvalue weighted by Crippen LogP contribution is -2.24. The Balaban J connectivity index is 1.70. The molecular formula is C24H17F4N3O2. The van der Waals surface area contributed by atoms with Gasteiger partial charge in [0.1, 0.15) is 17.1 Å². The molecule has 0 bridgehead atoms. The maximum Gasteiger partial charge on any atom is 0.433 e. The first kappa shape index (κ1) is 22.2. The number of hydrogen-bond donors (Lipinski definition) is 1. The Morgan fingerprint density at radius 3 is 2.24 bits per heavy atom. The molecule has 0 atom stereocenters. The van der Waals surface area contributed by atoms with Gasteiger partial charge in [0.15, 0.2) is 0 Å². The van der Waals surface area contributed by atoms with Crippen molar-refractivity contribution < 1.29 is 22.4 Å². The molecule has 2 aromatic carbocycles. The predicted molar refractivity (Wildman–Crippen MR) is 115 cm³/mol. The molecule has 33 heavy (non-hydrogen) atoms. The van der Waals surface area contributed by atoms with E-state index in [1.807, 2.05) is 0 Å². The summed E-state index contributed by atoms with van der Waals surface area (Å²) in [6.45, 7) is 0. The van der Waals surface area contributed by atoms with Crippen molar-refractivity contribution in [2.75, 3.05) is 0 Å². The Morgan fingerprint density at radius 1 is 0.970 bits per heavy atom. The number of fused-ring (bicyclic) bond motifs is 1. The summed E-state index contributed by atoms with van der Waals surface area (Å²) in [6.07, 6.45) is -1.16. The summed E-state index contributed by atoms with van der Waals surface area (Å²) in [7, 11) is 0. The number of halogens is 4. The van der Waals surface area contributed by atoms with Gasteiger partial charge in [-0.1, -0.05) is 12.1 Å². The van der Waals surface area contributed by atoms with Gasteiger partial charge in [-0.25, -0.2) is 4.39 Å². The topological polar surface area (TPSA) is 78.0 Å². The van der Waals surface area contributed by atoms with Crippen LogP contribution in [0.15, 0.2) is 71.8 Å². The van der Waals surface area contributed by atoms with Crippen LogP contribution in [0.4, 0.5) is 17.6 Å². The number of aryl methyl sites for hydroxylation is 2. The van der Waals surface area contributed by atoms with Gasteiger partial charge < -0.3 is 10.3 Å². The molecule has 0 unspecified atom stereocenters. The zero-order valence-corrected chi connectivity index (χ0v) is 17.1. The fraction of sp³-hybridized carbons (Fsp3) is 0.125. The number of benzene rings is 2. The lowest BCUT2D eigenvalue weighted by molar-refractivity contribution is -0.141. The third kappa shape index (κ3) is 4.62. The monoisotopic (exact) mass is 455 g/mol. The van der Waals surface area contributed by atoms with Crippen molar-refractivity contribution in [3.05, 3.63) is 105 Å². The number of alkyl halides is 3. The first-order chi connectivity index (χ1) is 15.6. The second kappa shape index (κ2) is 8.50. The highest BCUT2D eigenvalue weighted by atomic mass is 19.4. The maximum atomic E-state index is 13.4. The number of amides is 1. The van der Waals surface area contributed by atoms with Crippen molar-refractivity contribution in [3.8, 4) is 5.69 Å². The summed E-state index contributed by atoms with van der Waals surface area (Å²) in [5.74, 6) is -1.32. The van der Waals surface area contributed by atoms with E-state index in [-0.39, 0.29) is 10.9 Å². The van der Waals surface area contributed by atoms with Crippen LogP contribution in [0.2, 0.25) is 0 Å². The fourth-order valence-electron chi connectivity index (χ4n) is 3.55. The molecule has 5 nitrogen and oxygen atoms in total. The molecule has 0 saturated heterocycles. The van der Waals surface area contributed by atoms with Crippen LogP contribution < -0.4 is 11.2 Å². The van der Waals surface area contributed by atoms with E-state index in [4.69, 9.17) is 5.73 Å². The zero-order chi connectivity index (χ0) is 23.8. The standard InChI is InChI=1S/C24H17F4N3O2/c25-16-5-7-17(8-6-16)31-13-19(23(29)33)22(32)18-11-14(3-9-20(18)31)1-2-15-4-10-21(30-12-15)24(26,27)28/h3-13H,1-2H2,(H2,29,33). The van der Waals surface area contributed by atoms with Crippen LogP contribution in [-0.4, -0.2) is 15.5 Å². The van der Waals surface area contributed by atoms with E-state index in [1.165, 1.54) is 42.7 Å². The molecule has 9 heteroatoms. The summed E-state index contributed by atoms with van der Waals surface area (Å²) in [5, 5.41) is 0.249. The van der Waals surface area contributed by atoms with Gasteiger partial charge >= 0.3 is 6.18 Å². The van der Waals surface area contributed by atoms with E-state index in [0.29, 0.717) is 29.6 Å². The molecular weight excluding hydrogens is 438 g/mol. The van der Waals surface area contributed by atoms with Crippen molar-refractivity contribution in [3.63, 3.8) is 0 Å². The maximum absolute atomic E-state index is 13.4. The number of primary amides is 1. The average Bonchev–Trinajstić information content (AvgIpc) is 2.78. The first-order valence-electron chi connectivity index (χ1n) is 9.89. The van der Waals surface area contributed by atoms with Crippen molar-refractivity contribution in [2.45, 2.75) is 19.0 Å². The third-order valence-corrected chi connectivity index (χ3v) is 5.26. The largest absolute Gasteiger partial charge is 0.433 e. The number of pyridine rings is 2. The Hall–Kier alpha value is -4.01. The number of carbonyl (C=O) groups is 1. The fourth-order valence-corrected chi connectivity index (χ4v) is 3.55. The van der Waals surface area contributed by atoms with Crippen LogP contribution in [-0.2, 0) is 19.0 Å². The lowest BCUT2D eigenvalue weighted by atomic mass is 10.0. The summed E-state index contributed by atoms with van der Waals surface area (Å²) in [4.78, 5) is 28.2. The lowest BCUT2D eigenvalue weighted by Gasteiger charge is -2.14. The number of hydrogen-bond acceptors (Lipinski definition) is 3. The van der Waals surface area contributed by atoms with Crippen LogP contribution in [0, 0.1) is 5.82 Å². The molecule has 0 radical (unpaired) electrons. The smallest absolute Gasteiger partial charge is 0.365 e. The van der Waals surface area contributed by atoms with Crippen LogP contribution in [0.1, 0.15) is 27.2 Å². The number of aromatic nitrogens is 2. The van der Waals surface area contributed by atoms with E-state index >= 15 is 0 Å². The Labute approximate surface area is 185 Å². The normalized spacial score (nSPS) is 11.6. The predicted octanol–water partition coefficient (Wildman–Crippen LogP) is 4.43. The summed E-state index contributed by atoms with van der Waals surface area (Å²) in [6, 6.07) is 12.9. The third-order valence-electron chi connectivity index (χ3n) is 5.26. The Morgan fingerprint density at radius 2 is 1.64 bits per heavy atom. The number of nitrogens with two attached hydrogens (primary N) is 1. The van der Waals surface area contributed by atoms with E-state index in [1.54, 1.807) is 22.8 Å².